The Labute approximate surface area is 326 Å². The summed E-state index contributed by atoms with van der Waals surface area (Å²) in [5.74, 6) is 1.91. The van der Waals surface area contributed by atoms with Gasteiger partial charge in [0.15, 0.2) is 17.5 Å². The summed E-state index contributed by atoms with van der Waals surface area (Å²) in [6, 6.07) is 69.7. The van der Waals surface area contributed by atoms with Gasteiger partial charge in [-0.15, -0.1) is 5.69 Å². The monoisotopic (exact) mass is 715 g/mol. The smallest absolute Gasteiger partial charge is 0.164 e. The molecule has 1 atom stereocenters. The Morgan fingerprint density at radius 2 is 0.804 bits per heavy atom. The van der Waals surface area contributed by atoms with Crippen LogP contribution in [-0.4, -0.2) is 15.0 Å². The van der Waals surface area contributed by atoms with Gasteiger partial charge < -0.3 is 5.32 Å². The molecule has 9 aromatic rings. The van der Waals surface area contributed by atoms with Gasteiger partial charge in [0.25, 0.3) is 0 Å². The number of nitrogens with zero attached hydrogens (tertiary/aromatic N) is 4. The van der Waals surface area contributed by atoms with Crippen LogP contribution < -0.4 is 0 Å². The van der Waals surface area contributed by atoms with Crippen LogP contribution in [0.15, 0.2) is 206 Å². The second-order valence-electron chi connectivity index (χ2n) is 14.0. The molecule has 1 aliphatic rings. The second kappa shape index (κ2) is 14.4. The van der Waals surface area contributed by atoms with Crippen LogP contribution in [0.5, 0.6) is 0 Å². The van der Waals surface area contributed by atoms with Crippen molar-refractivity contribution in [2.24, 2.45) is 0 Å². The van der Waals surface area contributed by atoms with Gasteiger partial charge in [-0.2, -0.15) is 0 Å². The Bertz CT molecular complexity index is 2830. The van der Waals surface area contributed by atoms with E-state index in [2.05, 4.69) is 170 Å². The minimum absolute atomic E-state index is 0.0564. The van der Waals surface area contributed by atoms with Crippen molar-refractivity contribution >= 4 is 22.0 Å². The Morgan fingerprint density at radius 3 is 1.39 bits per heavy atom. The minimum atomic E-state index is -0.0564. The third-order valence-corrected chi connectivity index (χ3v) is 10.5. The number of hydrogen-bond acceptors (Lipinski definition) is 3. The fourth-order valence-electron chi connectivity index (χ4n) is 7.69. The van der Waals surface area contributed by atoms with Gasteiger partial charge in [0, 0.05) is 16.7 Å². The number of benzene rings is 8. The van der Waals surface area contributed by atoms with Crippen LogP contribution in [0.1, 0.15) is 22.7 Å². The summed E-state index contributed by atoms with van der Waals surface area (Å²) in [6.45, 7) is 0. The van der Waals surface area contributed by atoms with E-state index in [0.29, 0.717) is 17.5 Å². The standard InChI is InChI=1S/C52H35N4/c1-5-14-35(15-6-1)36-24-28-41(29-25-36)51-54-50(40-20-11-4-12-21-40)55-52(56-51)42-30-26-38(27-31-42)43-22-13-23-45-44(43)32-33-47-49(45)46(37-16-7-2-8-17-37)34-48(53-47)39-18-9-3-10-19-39/h1-34,48H/q-1. The van der Waals surface area contributed by atoms with Crippen molar-refractivity contribution < 1.29 is 0 Å². The first-order chi connectivity index (χ1) is 27.7. The van der Waals surface area contributed by atoms with E-state index in [1.54, 1.807) is 0 Å². The SMILES string of the molecule is C1=C(c2ccccc2)c2c(ccc3c(-c4ccc(-c5nc(-c6ccccc6)nc(-c6ccc(-c7ccccc7)cc6)n5)cc4)cccc23)[N-]C1c1ccccc1. The molecule has 1 unspecified atom stereocenters. The van der Waals surface area contributed by atoms with Gasteiger partial charge in [-0.3, -0.25) is 0 Å². The average molecular weight is 716 g/mol. The Hall–Kier alpha value is -7.43. The van der Waals surface area contributed by atoms with Crippen molar-refractivity contribution in [3.8, 4) is 56.4 Å². The Kier molecular flexibility index (Phi) is 8.54. The molecule has 1 aliphatic heterocycles. The van der Waals surface area contributed by atoms with Crippen molar-refractivity contribution in [3.63, 3.8) is 0 Å². The van der Waals surface area contributed by atoms with Crippen molar-refractivity contribution in [1.82, 2.24) is 15.0 Å². The summed E-state index contributed by atoms with van der Waals surface area (Å²) in [5.41, 5.74) is 13.2. The van der Waals surface area contributed by atoms with Crippen LogP contribution in [0, 0.1) is 0 Å². The van der Waals surface area contributed by atoms with Crippen molar-refractivity contribution in [2.75, 3.05) is 0 Å². The van der Waals surface area contributed by atoms with Crippen LogP contribution in [-0.2, 0) is 0 Å². The largest absolute Gasteiger partial charge is 0.674 e. The molecule has 0 N–H and O–H groups in total. The first-order valence-electron chi connectivity index (χ1n) is 18.9. The first kappa shape index (κ1) is 33.2. The van der Waals surface area contributed by atoms with Crippen molar-refractivity contribution in [3.05, 3.63) is 228 Å². The summed E-state index contributed by atoms with van der Waals surface area (Å²) < 4.78 is 0. The van der Waals surface area contributed by atoms with Gasteiger partial charge in [0.05, 0.1) is 0 Å². The minimum Gasteiger partial charge on any atom is -0.674 e. The molecule has 1 aromatic heterocycles. The van der Waals surface area contributed by atoms with Crippen molar-refractivity contribution in [2.45, 2.75) is 6.04 Å². The fraction of sp³-hybridized carbons (Fsp3) is 0.0192. The lowest BCUT2D eigenvalue weighted by Crippen LogP contribution is -2.03. The third kappa shape index (κ3) is 6.33. The molecule has 0 bridgehead atoms. The zero-order valence-electron chi connectivity index (χ0n) is 30.5. The highest BCUT2D eigenvalue weighted by Crippen LogP contribution is 2.49. The van der Waals surface area contributed by atoms with E-state index in [0.717, 1.165) is 39.1 Å². The maximum atomic E-state index is 5.27. The summed E-state index contributed by atoms with van der Waals surface area (Å²) in [6.07, 6.45) is 2.32. The number of rotatable bonds is 7. The van der Waals surface area contributed by atoms with Gasteiger partial charge >= 0.3 is 0 Å². The van der Waals surface area contributed by atoms with Gasteiger partial charge in [0.2, 0.25) is 0 Å². The molecule has 0 amide bonds. The van der Waals surface area contributed by atoms with Gasteiger partial charge in [-0.25, -0.2) is 15.0 Å². The first-order valence-corrected chi connectivity index (χ1v) is 18.9. The molecule has 0 saturated carbocycles. The summed E-state index contributed by atoms with van der Waals surface area (Å²) in [5, 5.41) is 7.63. The molecule has 56 heavy (non-hydrogen) atoms. The van der Waals surface area contributed by atoms with Crippen LogP contribution in [0.25, 0.3) is 78.1 Å². The molecule has 2 heterocycles. The molecule has 0 aliphatic carbocycles. The molecule has 4 nitrogen and oxygen atoms in total. The molecule has 0 radical (unpaired) electrons. The maximum absolute atomic E-state index is 5.27. The average Bonchev–Trinajstić information content (AvgIpc) is 3.29. The molecule has 10 rings (SSSR count). The van der Waals surface area contributed by atoms with E-state index in [1.165, 1.54) is 38.6 Å². The van der Waals surface area contributed by atoms with Crippen LogP contribution in [0.2, 0.25) is 0 Å². The van der Waals surface area contributed by atoms with Crippen LogP contribution in [0.4, 0.5) is 5.69 Å². The number of aromatic nitrogens is 3. The highest BCUT2D eigenvalue weighted by Gasteiger charge is 2.19. The zero-order valence-corrected chi connectivity index (χ0v) is 30.5. The van der Waals surface area contributed by atoms with Gasteiger partial charge in [0.1, 0.15) is 0 Å². The lowest BCUT2D eigenvalue weighted by Gasteiger charge is -2.39. The molecule has 0 fully saturated rings. The molecular weight excluding hydrogens is 681 g/mol. The Morgan fingerprint density at radius 1 is 0.339 bits per heavy atom. The number of hydrogen-bond donors (Lipinski definition) is 0. The topological polar surface area (TPSA) is 52.8 Å². The maximum Gasteiger partial charge on any atom is 0.164 e. The quantitative estimate of drug-likeness (QED) is 0.165. The predicted octanol–water partition coefficient (Wildman–Crippen LogP) is 13.6. The van der Waals surface area contributed by atoms with Gasteiger partial charge in [-0.1, -0.05) is 218 Å². The van der Waals surface area contributed by atoms with E-state index in [9.17, 15) is 0 Å². The summed E-state index contributed by atoms with van der Waals surface area (Å²) in [4.78, 5) is 15.0. The molecule has 0 spiro atoms. The van der Waals surface area contributed by atoms with E-state index < -0.39 is 0 Å². The molecule has 264 valence electrons. The summed E-state index contributed by atoms with van der Waals surface area (Å²) >= 11 is 0. The van der Waals surface area contributed by atoms with Crippen molar-refractivity contribution in [1.29, 1.82) is 0 Å². The Balaban J connectivity index is 1.03. The zero-order chi connectivity index (χ0) is 37.3. The fourth-order valence-corrected chi connectivity index (χ4v) is 7.69. The highest BCUT2D eigenvalue weighted by molar-refractivity contribution is 6.09. The normalized spacial score (nSPS) is 13.4. The van der Waals surface area contributed by atoms with Gasteiger partial charge in [-0.05, 0) is 49.7 Å². The van der Waals surface area contributed by atoms with E-state index >= 15 is 0 Å². The lowest BCUT2D eigenvalue weighted by atomic mass is 9.85. The van der Waals surface area contributed by atoms with Crippen LogP contribution in [0.3, 0.4) is 0 Å². The van der Waals surface area contributed by atoms with E-state index in [4.69, 9.17) is 20.3 Å². The number of fused-ring (bicyclic) bond motifs is 3. The molecule has 8 aromatic carbocycles. The third-order valence-electron chi connectivity index (χ3n) is 10.5. The molecular formula is C52H35N4-. The highest BCUT2D eigenvalue weighted by atomic mass is 15.0. The second-order valence-corrected chi connectivity index (χ2v) is 14.0. The van der Waals surface area contributed by atoms with E-state index in [1.807, 2.05) is 36.4 Å². The molecule has 0 saturated heterocycles. The lowest BCUT2D eigenvalue weighted by molar-refractivity contribution is 1.03. The van der Waals surface area contributed by atoms with E-state index in [-0.39, 0.29) is 6.04 Å². The summed E-state index contributed by atoms with van der Waals surface area (Å²) in [7, 11) is 0. The predicted molar refractivity (Wildman–Crippen MR) is 230 cm³/mol. The van der Waals surface area contributed by atoms with Crippen LogP contribution >= 0.6 is 0 Å². The molecule has 4 heteroatoms.